The number of aliphatic hydroxyl groups is 11. The number of methoxy groups -OCH3 is 1. The van der Waals surface area contributed by atoms with Crippen molar-refractivity contribution in [2.75, 3.05) is 26.9 Å². The Kier molecular flexibility index (Phi) is 17.6. The van der Waals surface area contributed by atoms with Crippen molar-refractivity contribution in [3.05, 3.63) is 24.3 Å². The second-order valence-corrected chi connectivity index (χ2v) is 15.8. The van der Waals surface area contributed by atoms with Gasteiger partial charge in [0.1, 0.15) is 96.9 Å². The van der Waals surface area contributed by atoms with Crippen LogP contribution in [0.2, 0.25) is 0 Å². The van der Waals surface area contributed by atoms with E-state index >= 15 is 0 Å². The van der Waals surface area contributed by atoms with Gasteiger partial charge in [-0.15, -0.1) is 0 Å². The number of carboxylic acids is 1. The lowest BCUT2D eigenvalue weighted by Crippen LogP contribution is -2.71. The fourth-order valence-corrected chi connectivity index (χ4v) is 7.86. The monoisotopic (exact) mass is 926 g/mol. The molecule has 26 heteroatoms. The molecule has 21 atom stereocenters. The van der Waals surface area contributed by atoms with Crippen molar-refractivity contribution in [1.29, 1.82) is 0 Å². The first-order valence-corrected chi connectivity index (χ1v) is 20.2. The normalized spacial score (nSPS) is 41.3. The third kappa shape index (κ3) is 11.2. The summed E-state index contributed by atoms with van der Waals surface area (Å²) in [5.74, 6) is -6.05. The van der Waals surface area contributed by atoms with Gasteiger partial charge in [0, 0.05) is 20.3 Å². The van der Waals surface area contributed by atoms with Gasteiger partial charge >= 0.3 is 5.97 Å². The van der Waals surface area contributed by atoms with Crippen LogP contribution in [-0.2, 0) is 47.5 Å². The van der Waals surface area contributed by atoms with E-state index in [0.717, 1.165) is 13.8 Å². The van der Waals surface area contributed by atoms with Crippen LogP contribution in [0, 0.1) is 0 Å². The lowest BCUT2D eigenvalue weighted by molar-refractivity contribution is -0.389. The number of hydrogen-bond donors (Lipinski definition) is 14. The zero-order valence-corrected chi connectivity index (χ0v) is 35.0. The molecule has 0 aliphatic carbocycles. The number of ether oxygens (including phenoxy) is 9. The number of rotatable bonds is 17. The van der Waals surface area contributed by atoms with Crippen LogP contribution in [0.4, 0.5) is 0 Å². The van der Waals surface area contributed by atoms with E-state index in [4.69, 9.17) is 42.6 Å². The molecule has 4 saturated heterocycles. The molecule has 14 N–H and O–H groups in total. The molecule has 0 unspecified atom stereocenters. The van der Waals surface area contributed by atoms with Crippen LogP contribution in [-0.4, -0.2) is 234 Å². The molecule has 4 aliphatic rings. The molecule has 4 aliphatic heterocycles. The molecule has 1 aromatic carbocycles. The van der Waals surface area contributed by atoms with Gasteiger partial charge in [-0.05, 0) is 31.2 Å². The number of nitrogens with one attached hydrogen (secondary N) is 2. The summed E-state index contributed by atoms with van der Waals surface area (Å²) < 4.78 is 52.6. The molecule has 4 heterocycles. The molecule has 2 amide bonds. The summed E-state index contributed by atoms with van der Waals surface area (Å²) in [5.41, 5.74) is 0. The van der Waals surface area contributed by atoms with E-state index in [-0.39, 0.29) is 5.75 Å². The summed E-state index contributed by atoms with van der Waals surface area (Å²) >= 11 is 0. The SMILES string of the molecule is COc1ccc(O[C@@H]2O[C@H](CO)[C@@H](O[C@@H]3O[C@H](CO)[C@H](O)[C@H](O[C@]4(C(=O)O)C[C@H](O)[C@@H](NC(C)=O)[C@H]([C@H](O)[C@H](O)CO)O4)[C@H]3O)[C@H](O[C@@H]3O[C@@H](C)[C@@H](O)[C@@H](O)[C@@H]3O)[C@H]2NC(C)=O)cc1. The highest BCUT2D eigenvalue weighted by atomic mass is 16.8. The van der Waals surface area contributed by atoms with Crippen LogP contribution in [0.25, 0.3) is 0 Å². The molecule has 0 bridgehead atoms. The van der Waals surface area contributed by atoms with Crippen molar-refractivity contribution in [2.45, 2.75) is 155 Å². The van der Waals surface area contributed by atoms with E-state index in [2.05, 4.69) is 10.6 Å². The average molecular weight is 927 g/mol. The highest BCUT2D eigenvalue weighted by Gasteiger charge is 2.61. The Morgan fingerprint density at radius 2 is 1.30 bits per heavy atom. The first-order chi connectivity index (χ1) is 30.2. The van der Waals surface area contributed by atoms with E-state index in [1.807, 2.05) is 0 Å². The molecule has 364 valence electrons. The maximum Gasteiger partial charge on any atom is 0.364 e. The molecule has 0 radical (unpaired) electrons. The Morgan fingerprint density at radius 1 is 0.734 bits per heavy atom. The number of hydrogen-bond acceptors (Lipinski definition) is 23. The Bertz CT molecular complexity index is 1700. The molecule has 5 rings (SSSR count). The maximum atomic E-state index is 13.0. The van der Waals surface area contributed by atoms with Gasteiger partial charge in [-0.25, -0.2) is 4.79 Å². The summed E-state index contributed by atoms with van der Waals surface area (Å²) in [5, 5.41) is 133. The third-order valence-corrected chi connectivity index (χ3v) is 11.2. The van der Waals surface area contributed by atoms with Gasteiger partial charge < -0.3 is 115 Å². The Balaban J connectivity index is 1.53. The van der Waals surface area contributed by atoms with Gasteiger partial charge in [-0.3, -0.25) is 9.59 Å². The fraction of sp³-hybridized carbons (Fsp3) is 0.763. The maximum absolute atomic E-state index is 13.0. The van der Waals surface area contributed by atoms with Crippen LogP contribution < -0.4 is 20.1 Å². The fourth-order valence-electron chi connectivity index (χ4n) is 7.86. The molecular formula is C38H58N2O24. The van der Waals surface area contributed by atoms with E-state index < -0.39 is 172 Å². The molecule has 26 nitrogen and oxygen atoms in total. The zero-order chi connectivity index (χ0) is 47.4. The Morgan fingerprint density at radius 3 is 1.86 bits per heavy atom. The van der Waals surface area contributed by atoms with E-state index in [1.165, 1.54) is 38.3 Å². The van der Waals surface area contributed by atoms with Crippen molar-refractivity contribution in [1.82, 2.24) is 10.6 Å². The van der Waals surface area contributed by atoms with Crippen molar-refractivity contribution in [2.24, 2.45) is 0 Å². The van der Waals surface area contributed by atoms with E-state index in [1.54, 1.807) is 0 Å². The topological polar surface area (TPSA) is 401 Å². The third-order valence-electron chi connectivity index (χ3n) is 11.2. The summed E-state index contributed by atoms with van der Waals surface area (Å²) in [6.45, 7) is 0.415. The average Bonchev–Trinajstić information content (AvgIpc) is 3.26. The second kappa shape index (κ2) is 21.9. The molecule has 0 saturated carbocycles. The number of carbonyl (C=O) groups excluding carboxylic acids is 2. The van der Waals surface area contributed by atoms with E-state index in [9.17, 15) is 75.7 Å². The van der Waals surface area contributed by atoms with Crippen LogP contribution in [0.15, 0.2) is 24.3 Å². The zero-order valence-electron chi connectivity index (χ0n) is 35.0. The highest BCUT2D eigenvalue weighted by molar-refractivity contribution is 5.76. The number of aliphatic hydroxyl groups excluding tert-OH is 11. The molecule has 0 aromatic heterocycles. The Hall–Kier alpha value is -3.49. The Labute approximate surface area is 364 Å². The lowest BCUT2D eigenvalue weighted by Gasteiger charge is -2.51. The van der Waals surface area contributed by atoms with E-state index in [0.29, 0.717) is 5.75 Å². The molecule has 1 aromatic rings. The van der Waals surface area contributed by atoms with Crippen molar-refractivity contribution in [3.63, 3.8) is 0 Å². The summed E-state index contributed by atoms with van der Waals surface area (Å²) in [6.07, 6.45) is -34.8. The summed E-state index contributed by atoms with van der Waals surface area (Å²) in [6, 6.07) is 2.93. The smallest absolute Gasteiger partial charge is 0.364 e. The van der Waals surface area contributed by atoms with Crippen LogP contribution >= 0.6 is 0 Å². The number of carbonyl (C=O) groups is 3. The minimum absolute atomic E-state index is 0.148. The molecular weight excluding hydrogens is 868 g/mol. The molecule has 64 heavy (non-hydrogen) atoms. The minimum Gasteiger partial charge on any atom is -0.497 e. The molecule has 0 spiro atoms. The van der Waals surface area contributed by atoms with Crippen molar-refractivity contribution in [3.8, 4) is 11.5 Å². The van der Waals surface area contributed by atoms with Gasteiger partial charge in [0.15, 0.2) is 12.6 Å². The van der Waals surface area contributed by atoms with Crippen LogP contribution in [0.5, 0.6) is 11.5 Å². The number of carboxylic acid groups (broad SMARTS) is 1. The quantitative estimate of drug-likeness (QED) is 0.0690. The predicted molar refractivity (Wildman–Crippen MR) is 204 cm³/mol. The summed E-state index contributed by atoms with van der Waals surface area (Å²) in [4.78, 5) is 37.8. The van der Waals surface area contributed by atoms with Crippen molar-refractivity contribution >= 4 is 17.8 Å². The van der Waals surface area contributed by atoms with Crippen LogP contribution in [0.3, 0.4) is 0 Å². The largest absolute Gasteiger partial charge is 0.497 e. The van der Waals surface area contributed by atoms with Crippen molar-refractivity contribution < 1.29 is 118 Å². The first-order valence-electron chi connectivity index (χ1n) is 20.2. The van der Waals surface area contributed by atoms with Gasteiger partial charge in [0.2, 0.25) is 18.1 Å². The van der Waals surface area contributed by atoms with Gasteiger partial charge in [-0.2, -0.15) is 0 Å². The minimum atomic E-state index is -3.13. The summed E-state index contributed by atoms with van der Waals surface area (Å²) in [7, 11) is 1.43. The predicted octanol–water partition coefficient (Wildman–Crippen LogP) is -7.13. The lowest BCUT2D eigenvalue weighted by atomic mass is 9.88. The van der Waals surface area contributed by atoms with Gasteiger partial charge in [0.25, 0.3) is 5.79 Å². The highest BCUT2D eigenvalue weighted by Crippen LogP contribution is 2.39. The number of amides is 2. The second-order valence-electron chi connectivity index (χ2n) is 15.8. The first kappa shape index (κ1) is 51.5. The van der Waals surface area contributed by atoms with Gasteiger partial charge in [0.05, 0.1) is 45.2 Å². The van der Waals surface area contributed by atoms with Crippen LogP contribution in [0.1, 0.15) is 27.2 Å². The number of aliphatic carboxylic acids is 1. The standard InChI is InChI=1S/C38H58N2O24/c1-13-24(48)27(51)28(52)35(57-13)62-32-23(40-15(3)45)34(58-17-7-5-16(56-4)6-8-17)60-21(12-43)30(32)61-36-29(53)33(26(50)20(11-42)59-36)64-38(37(54)55)9-18(46)22(39-14(2)44)31(63-38)25(49)19(47)10-41/h5-8,13,18-36,41-43,46-53H,9-12H2,1-4H3,(H,39,44)(H,40,45)(H,54,55)/t13-,18-,19+,20+,21+,22+,23+,24+,25+,26-,27+,28-,29+,30+,31+,32+,33-,34+,35-,36-,38-/m0/s1. The molecule has 4 fully saturated rings. The number of benzene rings is 1. The van der Waals surface area contributed by atoms with Gasteiger partial charge in [-0.1, -0.05) is 0 Å².